The molecule has 1 fully saturated rings. The lowest BCUT2D eigenvalue weighted by Crippen LogP contribution is -2.48. The number of carbonyl (C=O) groups excluding carboxylic acids is 1. The summed E-state index contributed by atoms with van der Waals surface area (Å²) in [6.45, 7) is 7.45. The lowest BCUT2D eigenvalue weighted by atomic mass is 9.82. The first-order valence-corrected chi connectivity index (χ1v) is 10.1. The molecule has 2 aromatic rings. The Kier molecular flexibility index (Phi) is 5.15. The number of carbonyl (C=O) groups is 1. The van der Waals surface area contributed by atoms with Gasteiger partial charge in [0, 0.05) is 36.9 Å². The van der Waals surface area contributed by atoms with Gasteiger partial charge in [-0.3, -0.25) is 9.48 Å². The summed E-state index contributed by atoms with van der Waals surface area (Å²) in [6.07, 6.45) is 2.90. The van der Waals surface area contributed by atoms with Crippen LogP contribution in [0, 0.1) is 13.8 Å². The number of nitrogens with zero attached hydrogens (tertiary/aromatic N) is 2. The zero-order valence-electron chi connectivity index (χ0n) is 16.9. The van der Waals surface area contributed by atoms with E-state index < -0.39 is 0 Å². The maximum Gasteiger partial charge on any atom is 0.222 e. The number of aromatic nitrogens is 2. The second-order valence-electron chi connectivity index (χ2n) is 8.18. The van der Waals surface area contributed by atoms with Crippen molar-refractivity contribution in [3.05, 3.63) is 47.3 Å². The van der Waals surface area contributed by atoms with Gasteiger partial charge in [0.2, 0.25) is 5.91 Å². The van der Waals surface area contributed by atoms with Gasteiger partial charge < -0.3 is 14.8 Å². The highest BCUT2D eigenvalue weighted by molar-refractivity contribution is 5.77. The largest absolute Gasteiger partial charge is 0.487 e. The summed E-state index contributed by atoms with van der Waals surface area (Å²) in [6, 6.07) is 10.1. The quantitative estimate of drug-likeness (QED) is 0.875. The highest BCUT2D eigenvalue weighted by Crippen LogP contribution is 2.43. The monoisotopic (exact) mass is 383 g/mol. The van der Waals surface area contributed by atoms with Crippen molar-refractivity contribution in [1.82, 2.24) is 15.1 Å². The summed E-state index contributed by atoms with van der Waals surface area (Å²) < 4.78 is 13.9. The molecule has 0 aliphatic carbocycles. The third-order valence-corrected chi connectivity index (χ3v) is 5.88. The molecule has 6 nitrogen and oxygen atoms in total. The van der Waals surface area contributed by atoms with Crippen LogP contribution in [-0.4, -0.2) is 34.5 Å². The number of nitrogens with one attached hydrogen (secondary N) is 1. The number of amides is 1. The number of benzene rings is 1. The van der Waals surface area contributed by atoms with E-state index in [4.69, 9.17) is 9.47 Å². The van der Waals surface area contributed by atoms with Gasteiger partial charge in [-0.05, 0) is 32.9 Å². The normalized spacial score (nSPS) is 21.6. The lowest BCUT2D eigenvalue weighted by molar-refractivity contribution is -0.123. The third-order valence-electron chi connectivity index (χ3n) is 5.88. The van der Waals surface area contributed by atoms with Crippen LogP contribution in [0.25, 0.3) is 0 Å². The van der Waals surface area contributed by atoms with Crippen molar-refractivity contribution in [1.29, 1.82) is 0 Å². The Labute approximate surface area is 166 Å². The molecular weight excluding hydrogens is 354 g/mol. The molecular formula is C22H29N3O3. The van der Waals surface area contributed by atoms with Crippen LogP contribution in [0.1, 0.15) is 61.6 Å². The van der Waals surface area contributed by atoms with E-state index in [1.54, 1.807) is 0 Å². The fourth-order valence-electron chi connectivity index (χ4n) is 4.50. The van der Waals surface area contributed by atoms with Crippen molar-refractivity contribution in [2.75, 3.05) is 13.2 Å². The highest BCUT2D eigenvalue weighted by atomic mass is 16.5. The van der Waals surface area contributed by atoms with E-state index in [0.29, 0.717) is 19.6 Å². The Morgan fingerprint density at radius 1 is 1.32 bits per heavy atom. The molecule has 4 rings (SSSR count). The van der Waals surface area contributed by atoms with E-state index in [2.05, 4.69) is 16.5 Å². The van der Waals surface area contributed by atoms with Gasteiger partial charge in [0.15, 0.2) is 0 Å². The number of fused-ring (bicyclic) bond motifs is 1. The van der Waals surface area contributed by atoms with Gasteiger partial charge in [0.1, 0.15) is 11.4 Å². The summed E-state index contributed by atoms with van der Waals surface area (Å²) in [5.74, 6) is 0.927. The number of ether oxygens (including phenoxy) is 2. The zero-order chi connectivity index (χ0) is 19.7. The van der Waals surface area contributed by atoms with Crippen LogP contribution >= 0.6 is 0 Å². The van der Waals surface area contributed by atoms with Crippen LogP contribution < -0.4 is 10.1 Å². The Hall–Kier alpha value is -2.34. The van der Waals surface area contributed by atoms with E-state index in [0.717, 1.165) is 42.0 Å². The predicted octanol–water partition coefficient (Wildman–Crippen LogP) is 3.64. The van der Waals surface area contributed by atoms with Crippen molar-refractivity contribution in [3.8, 4) is 5.75 Å². The van der Waals surface area contributed by atoms with Gasteiger partial charge in [-0.1, -0.05) is 18.2 Å². The second-order valence-corrected chi connectivity index (χ2v) is 8.18. The first-order valence-electron chi connectivity index (χ1n) is 10.1. The van der Waals surface area contributed by atoms with E-state index in [-0.39, 0.29) is 23.6 Å². The molecule has 1 amide bonds. The zero-order valence-corrected chi connectivity index (χ0v) is 16.9. The Balaban J connectivity index is 1.49. The van der Waals surface area contributed by atoms with Crippen molar-refractivity contribution >= 4 is 5.91 Å². The molecule has 0 unspecified atom stereocenters. The summed E-state index contributed by atoms with van der Waals surface area (Å²) in [7, 11) is 0. The van der Waals surface area contributed by atoms with Crippen LogP contribution in [0.4, 0.5) is 0 Å². The van der Waals surface area contributed by atoms with Crippen molar-refractivity contribution in [2.24, 2.45) is 0 Å². The van der Waals surface area contributed by atoms with Crippen LogP contribution in [0.3, 0.4) is 0 Å². The Morgan fingerprint density at radius 3 is 2.79 bits per heavy atom. The highest BCUT2D eigenvalue weighted by Gasteiger charge is 2.42. The first kappa shape index (κ1) is 19.0. The molecule has 2 atom stereocenters. The van der Waals surface area contributed by atoms with Crippen LogP contribution in [0.2, 0.25) is 0 Å². The average molecular weight is 383 g/mol. The molecule has 6 heteroatoms. The van der Waals surface area contributed by atoms with E-state index >= 15 is 0 Å². The maximum absolute atomic E-state index is 12.9. The number of aryl methyl sites for hydroxylation is 2. The minimum Gasteiger partial charge on any atom is -0.487 e. The minimum absolute atomic E-state index is 0.0147. The number of rotatable bonds is 4. The van der Waals surface area contributed by atoms with E-state index in [1.807, 2.05) is 49.7 Å². The third kappa shape index (κ3) is 3.78. The van der Waals surface area contributed by atoms with Gasteiger partial charge >= 0.3 is 0 Å². The van der Waals surface area contributed by atoms with E-state index in [9.17, 15) is 4.79 Å². The van der Waals surface area contributed by atoms with Gasteiger partial charge in [-0.2, -0.15) is 5.10 Å². The molecule has 0 saturated carbocycles. The summed E-state index contributed by atoms with van der Waals surface area (Å²) in [5, 5.41) is 7.79. The molecule has 2 aliphatic rings. The first-order chi connectivity index (χ1) is 13.5. The maximum atomic E-state index is 12.9. The average Bonchev–Trinajstić information content (AvgIpc) is 3.00. The number of para-hydroxylation sites is 1. The van der Waals surface area contributed by atoms with Crippen LogP contribution in [0.15, 0.2) is 30.3 Å². The van der Waals surface area contributed by atoms with Gasteiger partial charge in [0.25, 0.3) is 0 Å². The SMILES string of the molecule is Cc1cc(C)n([C@H](C)CC(=O)N[C@H]2CC3(CCOCC3)Oc3ccccc32)n1. The van der Waals surface area contributed by atoms with Crippen molar-refractivity contribution < 1.29 is 14.3 Å². The smallest absolute Gasteiger partial charge is 0.222 e. The lowest BCUT2D eigenvalue weighted by Gasteiger charge is -2.44. The number of hydrogen-bond donors (Lipinski definition) is 1. The van der Waals surface area contributed by atoms with Gasteiger partial charge in [-0.15, -0.1) is 0 Å². The van der Waals surface area contributed by atoms with Gasteiger partial charge in [0.05, 0.1) is 31.0 Å². The summed E-state index contributed by atoms with van der Waals surface area (Å²) >= 11 is 0. The molecule has 150 valence electrons. The molecule has 2 aliphatic heterocycles. The Morgan fingerprint density at radius 2 is 2.07 bits per heavy atom. The van der Waals surface area contributed by atoms with E-state index in [1.165, 1.54) is 0 Å². The molecule has 28 heavy (non-hydrogen) atoms. The summed E-state index contributed by atoms with van der Waals surface area (Å²) in [5.41, 5.74) is 2.87. The van der Waals surface area contributed by atoms with Crippen molar-refractivity contribution in [3.63, 3.8) is 0 Å². The molecule has 1 spiro atoms. The minimum atomic E-state index is -0.244. The molecule has 3 heterocycles. The molecule has 0 radical (unpaired) electrons. The van der Waals surface area contributed by atoms with Crippen molar-refractivity contribution in [2.45, 2.75) is 64.1 Å². The topological polar surface area (TPSA) is 65.4 Å². The van der Waals surface area contributed by atoms with Gasteiger partial charge in [-0.25, -0.2) is 0 Å². The molecule has 1 aromatic heterocycles. The second kappa shape index (κ2) is 7.59. The standard InChI is InChI=1S/C22H29N3O3/c1-15-12-16(2)25(24-15)17(3)13-21(26)23-19-14-22(8-10-27-11-9-22)28-20-7-5-4-6-18(19)20/h4-7,12,17,19H,8-11,13-14H2,1-3H3,(H,23,26)/t17-,19+/m1/s1. The fourth-order valence-corrected chi connectivity index (χ4v) is 4.50. The van der Waals surface area contributed by atoms with Crippen LogP contribution in [-0.2, 0) is 9.53 Å². The van der Waals surface area contributed by atoms with Crippen LogP contribution in [0.5, 0.6) is 5.75 Å². The summed E-state index contributed by atoms with van der Waals surface area (Å²) in [4.78, 5) is 12.9. The molecule has 0 bridgehead atoms. The molecule has 1 N–H and O–H groups in total. The predicted molar refractivity (Wildman–Crippen MR) is 106 cm³/mol. The number of hydrogen-bond acceptors (Lipinski definition) is 4. The Bertz CT molecular complexity index is 854. The fraction of sp³-hybridized carbons (Fsp3) is 0.545. The molecule has 1 saturated heterocycles. The molecule has 1 aromatic carbocycles.